The maximum atomic E-state index is 13.1. The molecular weight excluding hydrogens is 390 g/mol. The van der Waals surface area contributed by atoms with Crippen LogP contribution in [0.2, 0.25) is 0 Å². The van der Waals surface area contributed by atoms with Crippen LogP contribution in [-0.4, -0.2) is 50.3 Å². The third-order valence-electron chi connectivity index (χ3n) is 5.20. The summed E-state index contributed by atoms with van der Waals surface area (Å²) in [5, 5.41) is 14.2. The van der Waals surface area contributed by atoms with Crippen LogP contribution in [0.1, 0.15) is 28.9 Å². The SMILES string of the molecule is CC(NC(=O)c1cc([N+](=O)[O-])ccc1N1CCOCC1)c1ccc2c(c1)OCCO2. The van der Waals surface area contributed by atoms with E-state index in [0.717, 1.165) is 5.56 Å². The van der Waals surface area contributed by atoms with E-state index in [4.69, 9.17) is 14.2 Å². The van der Waals surface area contributed by atoms with Crippen molar-refractivity contribution in [1.82, 2.24) is 5.32 Å². The second-order valence-corrected chi connectivity index (χ2v) is 7.16. The van der Waals surface area contributed by atoms with Crippen molar-refractivity contribution in [2.45, 2.75) is 13.0 Å². The molecule has 2 aromatic rings. The van der Waals surface area contributed by atoms with Crippen LogP contribution >= 0.6 is 0 Å². The molecule has 1 fully saturated rings. The number of nitrogens with zero attached hydrogens (tertiary/aromatic N) is 2. The van der Waals surface area contributed by atoms with Crippen molar-refractivity contribution < 1.29 is 23.9 Å². The van der Waals surface area contributed by atoms with E-state index in [0.29, 0.717) is 56.7 Å². The molecule has 9 heteroatoms. The maximum Gasteiger partial charge on any atom is 0.270 e. The second kappa shape index (κ2) is 8.58. The van der Waals surface area contributed by atoms with Gasteiger partial charge in [0.1, 0.15) is 13.2 Å². The number of ether oxygens (including phenoxy) is 3. The van der Waals surface area contributed by atoms with Crippen LogP contribution in [0.4, 0.5) is 11.4 Å². The van der Waals surface area contributed by atoms with Crippen molar-refractivity contribution in [1.29, 1.82) is 0 Å². The third-order valence-corrected chi connectivity index (χ3v) is 5.20. The number of fused-ring (bicyclic) bond motifs is 1. The molecule has 30 heavy (non-hydrogen) atoms. The van der Waals surface area contributed by atoms with Crippen molar-refractivity contribution in [2.75, 3.05) is 44.4 Å². The van der Waals surface area contributed by atoms with Gasteiger partial charge in [-0.1, -0.05) is 6.07 Å². The van der Waals surface area contributed by atoms with E-state index in [1.807, 2.05) is 30.0 Å². The summed E-state index contributed by atoms with van der Waals surface area (Å²) in [5.41, 5.74) is 1.67. The van der Waals surface area contributed by atoms with Gasteiger partial charge >= 0.3 is 0 Å². The van der Waals surface area contributed by atoms with Crippen LogP contribution in [0.25, 0.3) is 0 Å². The predicted octanol–water partition coefficient (Wildman–Crippen LogP) is 2.69. The van der Waals surface area contributed by atoms with E-state index >= 15 is 0 Å². The van der Waals surface area contributed by atoms with Gasteiger partial charge in [-0.25, -0.2) is 0 Å². The smallest absolute Gasteiger partial charge is 0.270 e. The number of anilines is 1. The summed E-state index contributed by atoms with van der Waals surface area (Å²) < 4.78 is 16.5. The molecule has 0 radical (unpaired) electrons. The number of nitrogens with one attached hydrogen (secondary N) is 1. The lowest BCUT2D eigenvalue weighted by Crippen LogP contribution is -2.38. The lowest BCUT2D eigenvalue weighted by molar-refractivity contribution is -0.384. The van der Waals surface area contributed by atoms with Gasteiger partial charge in [-0.05, 0) is 30.7 Å². The van der Waals surface area contributed by atoms with Gasteiger partial charge in [0.05, 0.1) is 35.4 Å². The first kappa shape index (κ1) is 20.0. The molecule has 2 heterocycles. The molecule has 1 atom stereocenters. The molecular formula is C21H23N3O6. The summed E-state index contributed by atoms with van der Waals surface area (Å²) >= 11 is 0. The minimum atomic E-state index is -0.496. The summed E-state index contributed by atoms with van der Waals surface area (Å²) in [4.78, 5) is 25.9. The molecule has 0 bridgehead atoms. The van der Waals surface area contributed by atoms with Crippen LogP contribution in [0.15, 0.2) is 36.4 Å². The van der Waals surface area contributed by atoms with Gasteiger partial charge in [0.15, 0.2) is 11.5 Å². The van der Waals surface area contributed by atoms with Crippen LogP contribution in [-0.2, 0) is 4.74 Å². The number of carbonyl (C=O) groups excluding carboxylic acids is 1. The molecule has 4 rings (SSSR count). The van der Waals surface area contributed by atoms with Gasteiger partial charge in [0, 0.05) is 25.2 Å². The molecule has 0 aliphatic carbocycles. The number of carbonyl (C=O) groups is 1. The molecule has 0 spiro atoms. The normalized spacial score (nSPS) is 16.6. The highest BCUT2D eigenvalue weighted by molar-refractivity contribution is 6.00. The Labute approximate surface area is 173 Å². The first-order valence-corrected chi connectivity index (χ1v) is 9.84. The van der Waals surface area contributed by atoms with Crippen molar-refractivity contribution in [3.63, 3.8) is 0 Å². The minimum absolute atomic E-state index is 0.121. The Morgan fingerprint density at radius 3 is 2.53 bits per heavy atom. The van der Waals surface area contributed by atoms with Crippen LogP contribution in [0, 0.1) is 10.1 Å². The number of benzene rings is 2. The van der Waals surface area contributed by atoms with Gasteiger partial charge in [0.2, 0.25) is 0 Å². The number of hydrogen-bond donors (Lipinski definition) is 1. The molecule has 0 saturated carbocycles. The largest absolute Gasteiger partial charge is 0.486 e. The van der Waals surface area contributed by atoms with Gasteiger partial charge in [-0.3, -0.25) is 14.9 Å². The van der Waals surface area contributed by atoms with E-state index in [9.17, 15) is 14.9 Å². The van der Waals surface area contributed by atoms with Crippen molar-refractivity contribution >= 4 is 17.3 Å². The van der Waals surface area contributed by atoms with Crippen molar-refractivity contribution in [3.8, 4) is 11.5 Å². The van der Waals surface area contributed by atoms with Crippen LogP contribution in [0.5, 0.6) is 11.5 Å². The number of morpholine rings is 1. The first-order chi connectivity index (χ1) is 14.5. The van der Waals surface area contributed by atoms with E-state index in [-0.39, 0.29) is 23.2 Å². The van der Waals surface area contributed by atoms with E-state index in [2.05, 4.69) is 5.32 Å². The zero-order chi connectivity index (χ0) is 21.1. The summed E-state index contributed by atoms with van der Waals surface area (Å²) in [6.45, 7) is 5.18. The fourth-order valence-electron chi connectivity index (χ4n) is 3.59. The Balaban J connectivity index is 1.58. The Morgan fingerprint density at radius 1 is 1.07 bits per heavy atom. The molecule has 1 N–H and O–H groups in total. The summed E-state index contributed by atoms with van der Waals surface area (Å²) in [7, 11) is 0. The van der Waals surface area contributed by atoms with Crippen molar-refractivity contribution in [3.05, 3.63) is 57.6 Å². The zero-order valence-electron chi connectivity index (χ0n) is 16.6. The van der Waals surface area contributed by atoms with Crippen LogP contribution < -0.4 is 19.7 Å². The zero-order valence-corrected chi connectivity index (χ0v) is 16.6. The molecule has 1 unspecified atom stereocenters. The molecule has 2 aromatic carbocycles. The average Bonchev–Trinajstić information content (AvgIpc) is 2.78. The monoisotopic (exact) mass is 413 g/mol. The molecule has 0 aromatic heterocycles. The number of non-ortho nitro benzene ring substituents is 1. The third kappa shape index (κ3) is 4.16. The quantitative estimate of drug-likeness (QED) is 0.594. The topological polar surface area (TPSA) is 103 Å². The van der Waals surface area contributed by atoms with Crippen molar-refractivity contribution in [2.24, 2.45) is 0 Å². The standard InChI is InChI=1S/C21H23N3O6/c1-14(15-2-5-19-20(12-15)30-11-10-29-19)22-21(25)17-13-16(24(26)27)3-4-18(17)23-6-8-28-9-7-23/h2-5,12-14H,6-11H2,1H3,(H,22,25). The fraction of sp³-hybridized carbons (Fsp3) is 0.381. The molecule has 9 nitrogen and oxygen atoms in total. The first-order valence-electron chi connectivity index (χ1n) is 9.84. The van der Waals surface area contributed by atoms with E-state index < -0.39 is 4.92 Å². The van der Waals surface area contributed by atoms with Gasteiger partial charge in [-0.15, -0.1) is 0 Å². The Morgan fingerprint density at radius 2 is 1.80 bits per heavy atom. The highest BCUT2D eigenvalue weighted by atomic mass is 16.6. The highest BCUT2D eigenvalue weighted by Crippen LogP contribution is 2.33. The number of hydrogen-bond acceptors (Lipinski definition) is 7. The number of nitro benzene ring substituents is 1. The minimum Gasteiger partial charge on any atom is -0.486 e. The van der Waals surface area contributed by atoms with Crippen LogP contribution in [0.3, 0.4) is 0 Å². The molecule has 1 amide bonds. The number of rotatable bonds is 5. The summed E-state index contributed by atoms with van der Waals surface area (Å²) in [5.74, 6) is 0.948. The lowest BCUT2D eigenvalue weighted by atomic mass is 10.1. The Hall–Kier alpha value is -3.33. The van der Waals surface area contributed by atoms with E-state index in [1.54, 1.807) is 6.07 Å². The molecule has 158 valence electrons. The lowest BCUT2D eigenvalue weighted by Gasteiger charge is -2.30. The molecule has 2 aliphatic heterocycles. The highest BCUT2D eigenvalue weighted by Gasteiger charge is 2.24. The fourth-order valence-corrected chi connectivity index (χ4v) is 3.59. The van der Waals surface area contributed by atoms with Gasteiger partial charge < -0.3 is 24.4 Å². The average molecular weight is 413 g/mol. The predicted molar refractivity (Wildman–Crippen MR) is 109 cm³/mol. The molecule has 1 saturated heterocycles. The number of amides is 1. The number of nitro groups is 1. The second-order valence-electron chi connectivity index (χ2n) is 7.16. The van der Waals surface area contributed by atoms with E-state index in [1.165, 1.54) is 12.1 Å². The summed E-state index contributed by atoms with van der Waals surface area (Å²) in [6.07, 6.45) is 0. The summed E-state index contributed by atoms with van der Waals surface area (Å²) in [6, 6.07) is 9.59. The maximum absolute atomic E-state index is 13.1. The molecule has 2 aliphatic rings. The van der Waals surface area contributed by atoms with Gasteiger partial charge in [-0.2, -0.15) is 0 Å². The van der Waals surface area contributed by atoms with Gasteiger partial charge in [0.25, 0.3) is 11.6 Å². The Kier molecular flexibility index (Phi) is 5.71. The Bertz CT molecular complexity index is 958.